The van der Waals surface area contributed by atoms with Crippen molar-refractivity contribution >= 4 is 19.8 Å². The fourth-order valence-electron chi connectivity index (χ4n) is 2.13. The molecule has 0 spiro atoms. The van der Waals surface area contributed by atoms with Gasteiger partial charge < -0.3 is 29.2 Å². The van der Waals surface area contributed by atoms with Gasteiger partial charge in [-0.1, -0.05) is 0 Å². The molecule has 0 aliphatic rings. The summed E-state index contributed by atoms with van der Waals surface area (Å²) >= 11 is 0. The van der Waals surface area contributed by atoms with Crippen LogP contribution < -0.4 is 5.73 Å². The van der Waals surface area contributed by atoms with Gasteiger partial charge in [0.25, 0.3) is 0 Å². The number of rotatable bonds is 13. The van der Waals surface area contributed by atoms with Crippen molar-refractivity contribution in [3.05, 3.63) is 0 Å². The summed E-state index contributed by atoms with van der Waals surface area (Å²) in [7, 11) is -2.83. The molecule has 21 heavy (non-hydrogen) atoms. The molecule has 0 aliphatic heterocycles. The van der Waals surface area contributed by atoms with Gasteiger partial charge >= 0.3 is 8.80 Å². The van der Waals surface area contributed by atoms with Crippen LogP contribution >= 0.6 is 0 Å². The van der Waals surface area contributed by atoms with Crippen LogP contribution in [0.25, 0.3) is 0 Å². The minimum Gasteiger partial charge on any atom is -0.396 e. The van der Waals surface area contributed by atoms with Crippen LogP contribution in [0.5, 0.6) is 0 Å². The van der Waals surface area contributed by atoms with E-state index in [1.165, 1.54) is 0 Å². The molecule has 0 aromatic heterocycles. The van der Waals surface area contributed by atoms with Crippen LogP contribution in [0, 0.1) is 0 Å². The number of hydrogen-bond acceptors (Lipinski definition) is 6. The third-order valence-electron chi connectivity index (χ3n) is 3.10. The molecule has 0 atom stereocenters. The van der Waals surface area contributed by atoms with Crippen molar-refractivity contribution in [1.29, 1.82) is 0 Å². The summed E-state index contributed by atoms with van der Waals surface area (Å²) in [5, 5.41) is 18.4. The maximum Gasteiger partial charge on any atom is 0.501 e. The van der Waals surface area contributed by atoms with Crippen molar-refractivity contribution in [3.8, 4) is 0 Å². The minimum absolute atomic E-state index is 0. The molecular weight excluding hydrogens is 306 g/mol. The third kappa shape index (κ3) is 9.04. The molecule has 8 heteroatoms. The second kappa shape index (κ2) is 12.7. The van der Waals surface area contributed by atoms with E-state index in [4.69, 9.17) is 19.0 Å². The second-order valence-electron chi connectivity index (χ2n) is 4.94. The van der Waals surface area contributed by atoms with Gasteiger partial charge in [-0.15, -0.1) is 0 Å². The Labute approximate surface area is 134 Å². The molecule has 130 valence electrons. The van der Waals surface area contributed by atoms with Gasteiger partial charge in [0.2, 0.25) is 0 Å². The summed E-state index contributed by atoms with van der Waals surface area (Å²) in [6.07, 6.45) is 1.64. The van der Waals surface area contributed by atoms with Crippen LogP contribution in [0.3, 0.4) is 0 Å². The van der Waals surface area contributed by atoms with Crippen LogP contribution in [0.4, 0.5) is 0 Å². The lowest BCUT2D eigenvalue weighted by atomic mass is 9.99. The van der Waals surface area contributed by atoms with E-state index in [9.17, 15) is 10.2 Å². The lowest BCUT2D eigenvalue weighted by Crippen LogP contribution is -2.53. The van der Waals surface area contributed by atoms with Crippen molar-refractivity contribution in [2.45, 2.75) is 51.7 Å². The Balaban J connectivity index is 0. The Morgan fingerprint density at radius 1 is 1.05 bits per heavy atom. The maximum atomic E-state index is 9.21. The Kier molecular flexibility index (Phi) is 14.2. The third-order valence-corrected chi connectivity index (χ3v) is 6.33. The van der Waals surface area contributed by atoms with Gasteiger partial charge in [-0.2, -0.15) is 0 Å². The normalized spacial score (nSPS) is 12.3. The predicted molar refractivity (Wildman–Crippen MR) is 91.7 cm³/mol. The first kappa shape index (κ1) is 23.5. The quantitative estimate of drug-likeness (QED) is 0.389. The molecule has 0 heterocycles. The van der Waals surface area contributed by atoms with E-state index >= 15 is 0 Å². The van der Waals surface area contributed by atoms with E-state index in [2.05, 4.69) is 0 Å². The monoisotopic (exact) mass is 341 g/mol. The van der Waals surface area contributed by atoms with Crippen molar-refractivity contribution in [1.82, 2.24) is 0 Å². The van der Waals surface area contributed by atoms with Crippen molar-refractivity contribution in [2.24, 2.45) is 5.73 Å². The van der Waals surface area contributed by atoms with Crippen LogP contribution in [-0.4, -0.2) is 68.6 Å². The van der Waals surface area contributed by atoms with Gasteiger partial charge in [-0.05, 0) is 57.5 Å². The first-order valence-electron chi connectivity index (χ1n) is 7.41. The maximum absolute atomic E-state index is 9.21. The fourth-order valence-corrected chi connectivity index (χ4v) is 5.19. The zero-order chi connectivity index (χ0) is 15.5. The Bertz CT molecular complexity index is 235. The van der Waals surface area contributed by atoms with Gasteiger partial charge in [-0.25, -0.2) is 0 Å². The van der Waals surface area contributed by atoms with Crippen molar-refractivity contribution in [3.63, 3.8) is 0 Å². The molecule has 0 fully saturated rings. The second-order valence-corrected chi connectivity index (χ2v) is 7.59. The average Bonchev–Trinajstić information content (AvgIpc) is 2.37. The molecule has 0 rings (SSSR count). The van der Waals surface area contributed by atoms with Crippen molar-refractivity contribution < 1.29 is 23.5 Å². The first-order valence-corrected chi connectivity index (χ1v) is 9.34. The van der Waals surface area contributed by atoms with Gasteiger partial charge in [0.05, 0.1) is 5.60 Å². The highest BCUT2D eigenvalue weighted by Crippen LogP contribution is 2.29. The topological polar surface area (TPSA) is 94.2 Å². The molecule has 6 nitrogen and oxygen atoms in total. The molecule has 0 amide bonds. The predicted octanol–water partition coefficient (Wildman–Crippen LogP) is -0.564. The summed E-state index contributed by atoms with van der Waals surface area (Å²) in [4.78, 5) is 0. The minimum atomic E-state index is -2.83. The van der Waals surface area contributed by atoms with E-state index in [-0.39, 0.29) is 24.2 Å². The van der Waals surface area contributed by atoms with E-state index in [1.807, 2.05) is 20.8 Å². The number of aliphatic hydroxyl groups is 2. The Morgan fingerprint density at radius 3 is 1.86 bits per heavy atom. The molecule has 0 saturated carbocycles. The highest BCUT2D eigenvalue weighted by Gasteiger charge is 2.45. The largest absolute Gasteiger partial charge is 0.501 e. The summed E-state index contributed by atoms with van der Waals surface area (Å²) in [6.45, 7) is 7.24. The molecule has 0 saturated heterocycles. The molecule has 4 N–H and O–H groups in total. The Hall–Kier alpha value is 0.194. The van der Waals surface area contributed by atoms with Crippen LogP contribution in [0.2, 0.25) is 6.04 Å². The lowest BCUT2D eigenvalue weighted by molar-refractivity contribution is -0.0429. The molecule has 0 bridgehead atoms. The molecule has 0 radical (unpaired) electrons. The van der Waals surface area contributed by atoms with Gasteiger partial charge in [0.1, 0.15) is 0 Å². The highest BCUT2D eigenvalue weighted by molar-refractivity contribution is 6.60. The van der Waals surface area contributed by atoms with E-state index in [1.54, 1.807) is 0 Å². The number of aliphatic hydroxyl groups excluding tert-OH is 2. The number of hydrogen-bond donors (Lipinski definition) is 3. The van der Waals surface area contributed by atoms with Crippen molar-refractivity contribution in [2.75, 3.05) is 33.0 Å². The average molecular weight is 342 g/mol. The van der Waals surface area contributed by atoms with E-state index < -0.39 is 14.4 Å². The lowest BCUT2D eigenvalue weighted by Gasteiger charge is -2.39. The zero-order valence-electron chi connectivity index (χ0n) is 13.1. The number of nitrogens with two attached hydrogens (primary N) is 1. The van der Waals surface area contributed by atoms with Gasteiger partial charge in [-0.3, -0.25) is 0 Å². The van der Waals surface area contributed by atoms with Crippen LogP contribution in [0.1, 0.15) is 40.0 Å². The van der Waals surface area contributed by atoms with Gasteiger partial charge in [0.15, 0.2) is 0 Å². The zero-order valence-corrected chi connectivity index (χ0v) is 14.1. The summed E-state index contributed by atoms with van der Waals surface area (Å²) in [5.41, 5.74) is 4.94. The molecule has 0 unspecified atom stereocenters. The smallest absolute Gasteiger partial charge is 0.396 e. The highest BCUT2D eigenvalue weighted by atomic mass is 28.4. The molecular formula is C13H35NO5Si2. The fraction of sp³-hybridized carbons (Fsp3) is 1.00. The van der Waals surface area contributed by atoms with Crippen LogP contribution in [-0.2, 0) is 13.3 Å². The van der Waals surface area contributed by atoms with Gasteiger partial charge in [0, 0.05) is 32.5 Å². The molecule has 0 aromatic carbocycles. The standard InChI is InChI=1S/C13H31NO5Si.H4Si/c1-4-17-20(18-5-2,12-6-9-14)19-13(3,7-10-15)8-11-16;/h15-16H,4-12,14H2,1-3H3;1H4. The van der Waals surface area contributed by atoms with Crippen LogP contribution in [0.15, 0.2) is 0 Å². The van der Waals surface area contributed by atoms with E-state index in [0.717, 1.165) is 6.42 Å². The molecule has 0 aliphatic carbocycles. The summed E-state index contributed by atoms with van der Waals surface area (Å²) in [6, 6.07) is 0.650. The summed E-state index contributed by atoms with van der Waals surface area (Å²) < 4.78 is 17.9. The Morgan fingerprint density at radius 2 is 1.52 bits per heavy atom. The SMILES string of the molecule is CCO[Si](CCCN)(OCC)OC(C)(CCO)CCO.[SiH4]. The first-order chi connectivity index (χ1) is 9.51. The van der Waals surface area contributed by atoms with E-state index in [0.29, 0.717) is 38.6 Å². The summed E-state index contributed by atoms with van der Waals surface area (Å²) in [5.74, 6) is 0. The molecule has 0 aromatic rings.